The summed E-state index contributed by atoms with van der Waals surface area (Å²) in [6, 6.07) is 19.4. The molecule has 0 saturated carbocycles. The standard InChI is InChI=1S/C19H17FN2O/c1-14(15-7-3-2-4-8-15)13-22-19(23)12-11-18(21-22)16-9-5-6-10-17(16)20/h2-12,14H,13H2,1H3. The fourth-order valence-corrected chi connectivity index (χ4v) is 2.54. The first-order valence-corrected chi connectivity index (χ1v) is 7.53. The molecule has 1 unspecified atom stereocenters. The van der Waals surface area contributed by atoms with Crippen molar-refractivity contribution in [1.82, 2.24) is 9.78 Å². The summed E-state index contributed by atoms with van der Waals surface area (Å²) < 4.78 is 15.3. The van der Waals surface area contributed by atoms with E-state index in [4.69, 9.17) is 0 Å². The lowest BCUT2D eigenvalue weighted by atomic mass is 10.0. The molecule has 0 bridgehead atoms. The van der Waals surface area contributed by atoms with Gasteiger partial charge < -0.3 is 0 Å². The fraction of sp³-hybridized carbons (Fsp3) is 0.158. The van der Waals surface area contributed by atoms with Gasteiger partial charge in [0.25, 0.3) is 5.56 Å². The molecular weight excluding hydrogens is 291 g/mol. The summed E-state index contributed by atoms with van der Waals surface area (Å²) in [6.07, 6.45) is 0. The van der Waals surface area contributed by atoms with Gasteiger partial charge in [-0.3, -0.25) is 4.79 Å². The van der Waals surface area contributed by atoms with Crippen LogP contribution in [0.1, 0.15) is 18.4 Å². The lowest BCUT2D eigenvalue weighted by Crippen LogP contribution is -2.24. The Balaban J connectivity index is 1.93. The van der Waals surface area contributed by atoms with Gasteiger partial charge in [-0.1, -0.05) is 49.4 Å². The molecule has 0 aliphatic rings. The second-order valence-corrected chi connectivity index (χ2v) is 5.53. The molecule has 0 aliphatic carbocycles. The Hall–Kier alpha value is -2.75. The Morgan fingerprint density at radius 1 is 1.00 bits per heavy atom. The first kappa shape index (κ1) is 15.2. The molecule has 1 atom stereocenters. The summed E-state index contributed by atoms with van der Waals surface area (Å²) in [5.74, 6) is -0.210. The SMILES string of the molecule is CC(Cn1nc(-c2ccccc2F)ccc1=O)c1ccccc1. The molecule has 0 radical (unpaired) electrons. The molecule has 0 saturated heterocycles. The van der Waals surface area contributed by atoms with Crippen molar-refractivity contribution in [3.8, 4) is 11.3 Å². The van der Waals surface area contributed by atoms with Crippen LogP contribution in [-0.4, -0.2) is 9.78 Å². The van der Waals surface area contributed by atoms with Crippen molar-refractivity contribution in [2.45, 2.75) is 19.4 Å². The third-order valence-corrected chi connectivity index (χ3v) is 3.83. The molecule has 0 aliphatic heterocycles. The van der Waals surface area contributed by atoms with E-state index < -0.39 is 0 Å². The van der Waals surface area contributed by atoms with Crippen LogP contribution in [0.3, 0.4) is 0 Å². The van der Waals surface area contributed by atoms with Crippen LogP contribution >= 0.6 is 0 Å². The van der Waals surface area contributed by atoms with Crippen molar-refractivity contribution >= 4 is 0 Å². The summed E-state index contributed by atoms with van der Waals surface area (Å²) in [4.78, 5) is 12.1. The van der Waals surface area contributed by atoms with Gasteiger partial charge in [-0.05, 0) is 23.8 Å². The van der Waals surface area contributed by atoms with Crippen molar-refractivity contribution in [1.29, 1.82) is 0 Å². The van der Waals surface area contributed by atoms with Crippen LogP contribution < -0.4 is 5.56 Å². The number of hydrogen-bond acceptors (Lipinski definition) is 2. The molecule has 2 aromatic carbocycles. The highest BCUT2D eigenvalue weighted by Crippen LogP contribution is 2.20. The van der Waals surface area contributed by atoms with Crippen molar-refractivity contribution in [3.63, 3.8) is 0 Å². The van der Waals surface area contributed by atoms with Crippen LogP contribution in [0.5, 0.6) is 0 Å². The van der Waals surface area contributed by atoms with Crippen LogP contribution in [0.15, 0.2) is 71.5 Å². The predicted molar refractivity (Wildman–Crippen MR) is 88.7 cm³/mol. The zero-order valence-electron chi connectivity index (χ0n) is 12.8. The predicted octanol–water partition coefficient (Wildman–Crippen LogP) is 3.85. The van der Waals surface area contributed by atoms with E-state index in [1.807, 2.05) is 37.3 Å². The lowest BCUT2D eigenvalue weighted by Gasteiger charge is -2.14. The summed E-state index contributed by atoms with van der Waals surface area (Å²) in [7, 11) is 0. The Bertz CT molecular complexity index is 858. The second-order valence-electron chi connectivity index (χ2n) is 5.53. The minimum atomic E-state index is -0.346. The van der Waals surface area contributed by atoms with Crippen molar-refractivity contribution in [3.05, 3.63) is 88.5 Å². The molecule has 0 fully saturated rings. The summed E-state index contributed by atoms with van der Waals surface area (Å²) in [5, 5.41) is 4.33. The quantitative estimate of drug-likeness (QED) is 0.733. The second kappa shape index (κ2) is 6.57. The molecule has 0 amide bonds. The first-order chi connectivity index (χ1) is 11.1. The van der Waals surface area contributed by atoms with Crippen LogP contribution in [-0.2, 0) is 6.54 Å². The van der Waals surface area contributed by atoms with E-state index in [2.05, 4.69) is 5.10 Å². The van der Waals surface area contributed by atoms with Crippen molar-refractivity contribution in [2.24, 2.45) is 0 Å². The van der Waals surface area contributed by atoms with Gasteiger partial charge in [0.1, 0.15) is 5.82 Å². The minimum absolute atomic E-state index is 0.136. The molecule has 116 valence electrons. The van der Waals surface area contributed by atoms with Gasteiger partial charge in [0.15, 0.2) is 0 Å². The Labute approximate surface area is 134 Å². The van der Waals surface area contributed by atoms with Gasteiger partial charge in [0.05, 0.1) is 12.2 Å². The highest BCUT2D eigenvalue weighted by Gasteiger charge is 2.11. The van der Waals surface area contributed by atoms with Gasteiger partial charge in [-0.25, -0.2) is 9.07 Å². The van der Waals surface area contributed by atoms with E-state index in [9.17, 15) is 9.18 Å². The maximum atomic E-state index is 13.9. The number of hydrogen-bond donors (Lipinski definition) is 0. The molecule has 1 heterocycles. The zero-order valence-corrected chi connectivity index (χ0v) is 12.8. The van der Waals surface area contributed by atoms with Crippen molar-refractivity contribution < 1.29 is 4.39 Å². The van der Waals surface area contributed by atoms with E-state index in [0.29, 0.717) is 17.8 Å². The zero-order chi connectivity index (χ0) is 16.2. The fourth-order valence-electron chi connectivity index (χ4n) is 2.54. The average Bonchev–Trinajstić information content (AvgIpc) is 2.58. The van der Waals surface area contributed by atoms with Crippen LogP contribution in [0.4, 0.5) is 4.39 Å². The molecule has 1 aromatic heterocycles. The Kier molecular flexibility index (Phi) is 4.33. The average molecular weight is 308 g/mol. The van der Waals surface area contributed by atoms with Crippen LogP contribution in [0.2, 0.25) is 0 Å². The Morgan fingerprint density at radius 2 is 1.70 bits per heavy atom. The van der Waals surface area contributed by atoms with Crippen LogP contribution in [0, 0.1) is 5.82 Å². The molecule has 3 aromatic rings. The number of rotatable bonds is 4. The van der Waals surface area contributed by atoms with Gasteiger partial charge in [-0.15, -0.1) is 0 Å². The molecule has 23 heavy (non-hydrogen) atoms. The van der Waals surface area contributed by atoms with Crippen LogP contribution in [0.25, 0.3) is 11.3 Å². The van der Waals surface area contributed by atoms with E-state index in [1.54, 1.807) is 24.3 Å². The van der Waals surface area contributed by atoms with E-state index in [-0.39, 0.29) is 17.3 Å². The number of halogens is 1. The molecular formula is C19H17FN2O. The van der Waals surface area contributed by atoms with E-state index in [1.165, 1.54) is 16.8 Å². The first-order valence-electron chi connectivity index (χ1n) is 7.53. The highest BCUT2D eigenvalue weighted by atomic mass is 19.1. The minimum Gasteiger partial charge on any atom is -0.268 e. The smallest absolute Gasteiger partial charge is 0.266 e. The monoisotopic (exact) mass is 308 g/mol. The van der Waals surface area contributed by atoms with Crippen molar-refractivity contribution in [2.75, 3.05) is 0 Å². The van der Waals surface area contributed by atoms with Gasteiger partial charge in [0.2, 0.25) is 0 Å². The maximum absolute atomic E-state index is 13.9. The maximum Gasteiger partial charge on any atom is 0.266 e. The lowest BCUT2D eigenvalue weighted by molar-refractivity contribution is 0.518. The normalized spacial score (nSPS) is 12.1. The summed E-state index contributed by atoms with van der Waals surface area (Å²) >= 11 is 0. The third-order valence-electron chi connectivity index (χ3n) is 3.83. The van der Waals surface area contributed by atoms with Gasteiger partial charge in [0, 0.05) is 17.5 Å². The summed E-state index contributed by atoms with van der Waals surface area (Å²) in [5.41, 5.74) is 1.81. The third kappa shape index (κ3) is 3.37. The summed E-state index contributed by atoms with van der Waals surface area (Å²) in [6.45, 7) is 2.49. The molecule has 4 heteroatoms. The largest absolute Gasteiger partial charge is 0.268 e. The molecule has 3 nitrogen and oxygen atoms in total. The van der Waals surface area contributed by atoms with E-state index >= 15 is 0 Å². The topological polar surface area (TPSA) is 34.9 Å². The molecule has 3 rings (SSSR count). The van der Waals surface area contributed by atoms with E-state index in [0.717, 1.165) is 5.56 Å². The number of nitrogens with zero attached hydrogens (tertiary/aromatic N) is 2. The number of benzene rings is 2. The molecule has 0 spiro atoms. The number of aromatic nitrogens is 2. The van der Waals surface area contributed by atoms with Gasteiger partial charge >= 0.3 is 0 Å². The van der Waals surface area contributed by atoms with Gasteiger partial charge in [-0.2, -0.15) is 5.10 Å². The Morgan fingerprint density at radius 3 is 2.43 bits per heavy atom. The highest BCUT2D eigenvalue weighted by molar-refractivity contribution is 5.58. The molecule has 0 N–H and O–H groups in total.